The van der Waals surface area contributed by atoms with Gasteiger partial charge >= 0.3 is 0 Å². The van der Waals surface area contributed by atoms with Gasteiger partial charge in [-0.1, -0.05) is 0 Å². The van der Waals surface area contributed by atoms with E-state index in [0.29, 0.717) is 28.9 Å². The van der Waals surface area contributed by atoms with Gasteiger partial charge in [0, 0.05) is 11.6 Å². The number of fused-ring (bicyclic) bond motifs is 2. The molecule has 26 heavy (non-hydrogen) atoms. The predicted molar refractivity (Wildman–Crippen MR) is 103 cm³/mol. The zero-order chi connectivity index (χ0) is 18.1. The minimum Gasteiger partial charge on any atom is -0.492 e. The zero-order valence-electron chi connectivity index (χ0n) is 13.8. The molecule has 2 aromatic heterocycles. The molecule has 2 heterocycles. The fourth-order valence-electron chi connectivity index (χ4n) is 2.76. The standard InChI is InChI=1S/C18H15N3O3S2/c1-2-24-15-7-8-17(13-4-3-9-19-18(13)15)26(22,23)21-12-5-6-14-16(10-12)25-11-20-14/h3-11,21H,2H2,1H3. The molecule has 0 aliphatic carbocycles. The lowest BCUT2D eigenvalue weighted by atomic mass is 10.2. The molecule has 0 radical (unpaired) electrons. The number of thiazole rings is 1. The molecule has 0 fully saturated rings. The molecule has 0 saturated heterocycles. The van der Waals surface area contributed by atoms with Crippen molar-refractivity contribution in [1.82, 2.24) is 9.97 Å². The van der Waals surface area contributed by atoms with Gasteiger partial charge < -0.3 is 4.74 Å². The Morgan fingerprint density at radius 1 is 1.15 bits per heavy atom. The first-order valence-electron chi connectivity index (χ1n) is 7.95. The summed E-state index contributed by atoms with van der Waals surface area (Å²) in [6.45, 7) is 2.35. The molecule has 2 aromatic carbocycles. The highest BCUT2D eigenvalue weighted by atomic mass is 32.2. The monoisotopic (exact) mass is 385 g/mol. The van der Waals surface area contributed by atoms with E-state index in [0.717, 1.165) is 10.2 Å². The Hall–Kier alpha value is -2.71. The number of benzene rings is 2. The lowest BCUT2D eigenvalue weighted by Crippen LogP contribution is -2.13. The SMILES string of the molecule is CCOc1ccc(S(=O)(=O)Nc2ccc3ncsc3c2)c2cccnc12. The first-order valence-corrected chi connectivity index (χ1v) is 10.3. The van der Waals surface area contributed by atoms with E-state index in [1.807, 2.05) is 6.92 Å². The zero-order valence-corrected chi connectivity index (χ0v) is 15.5. The van der Waals surface area contributed by atoms with Gasteiger partial charge in [0.2, 0.25) is 0 Å². The van der Waals surface area contributed by atoms with Gasteiger partial charge in [-0.25, -0.2) is 13.4 Å². The summed E-state index contributed by atoms with van der Waals surface area (Å²) in [5.41, 5.74) is 3.59. The molecule has 132 valence electrons. The van der Waals surface area contributed by atoms with Crippen LogP contribution in [0.25, 0.3) is 21.1 Å². The summed E-state index contributed by atoms with van der Waals surface area (Å²) in [7, 11) is -3.78. The number of ether oxygens (including phenoxy) is 1. The van der Waals surface area contributed by atoms with Crippen molar-refractivity contribution in [1.29, 1.82) is 0 Å². The highest BCUT2D eigenvalue weighted by Gasteiger charge is 2.20. The normalized spacial score (nSPS) is 11.7. The third kappa shape index (κ3) is 2.97. The largest absolute Gasteiger partial charge is 0.492 e. The fourth-order valence-corrected chi connectivity index (χ4v) is 4.72. The molecule has 4 rings (SSSR count). The lowest BCUT2D eigenvalue weighted by Gasteiger charge is -2.13. The third-order valence-corrected chi connectivity index (χ3v) is 6.10. The van der Waals surface area contributed by atoms with Gasteiger partial charge in [0.1, 0.15) is 11.3 Å². The van der Waals surface area contributed by atoms with Gasteiger partial charge in [0.25, 0.3) is 10.0 Å². The summed E-state index contributed by atoms with van der Waals surface area (Å²) in [4.78, 5) is 8.65. The van der Waals surface area contributed by atoms with Crippen molar-refractivity contribution in [3.8, 4) is 5.75 Å². The van der Waals surface area contributed by atoms with E-state index in [1.165, 1.54) is 11.3 Å². The van der Waals surface area contributed by atoms with Crippen LogP contribution in [0.4, 0.5) is 5.69 Å². The van der Waals surface area contributed by atoms with Gasteiger partial charge in [0.15, 0.2) is 0 Å². The Kier molecular flexibility index (Phi) is 4.21. The summed E-state index contributed by atoms with van der Waals surface area (Å²) < 4.78 is 35.1. The molecule has 0 saturated carbocycles. The van der Waals surface area contributed by atoms with Crippen molar-refractivity contribution in [2.24, 2.45) is 0 Å². The highest BCUT2D eigenvalue weighted by molar-refractivity contribution is 7.93. The molecule has 0 bridgehead atoms. The fraction of sp³-hybridized carbons (Fsp3) is 0.111. The number of sulfonamides is 1. The predicted octanol–water partition coefficient (Wildman–Crippen LogP) is 4.04. The topological polar surface area (TPSA) is 81.2 Å². The van der Waals surface area contributed by atoms with Crippen molar-refractivity contribution >= 4 is 48.2 Å². The maximum atomic E-state index is 13.0. The molecule has 0 amide bonds. The number of aromatic nitrogens is 2. The smallest absolute Gasteiger partial charge is 0.262 e. The number of pyridine rings is 1. The second kappa shape index (κ2) is 6.54. The van der Waals surface area contributed by atoms with Crippen LogP contribution in [-0.2, 0) is 10.0 Å². The number of nitrogens with one attached hydrogen (secondary N) is 1. The van der Waals surface area contributed by atoms with Crippen LogP contribution in [0.1, 0.15) is 6.92 Å². The van der Waals surface area contributed by atoms with E-state index >= 15 is 0 Å². The van der Waals surface area contributed by atoms with Crippen molar-refractivity contribution in [3.63, 3.8) is 0 Å². The van der Waals surface area contributed by atoms with Crippen LogP contribution in [0.3, 0.4) is 0 Å². The molecule has 4 aromatic rings. The van der Waals surface area contributed by atoms with Crippen LogP contribution in [0.15, 0.2) is 59.1 Å². The first kappa shape index (κ1) is 16.7. The second-order valence-electron chi connectivity index (χ2n) is 5.53. The maximum absolute atomic E-state index is 13.0. The van der Waals surface area contributed by atoms with E-state index in [-0.39, 0.29) is 4.90 Å². The summed E-state index contributed by atoms with van der Waals surface area (Å²) in [5.74, 6) is 0.563. The molecule has 6 nitrogen and oxygen atoms in total. The van der Waals surface area contributed by atoms with Crippen molar-refractivity contribution in [2.45, 2.75) is 11.8 Å². The van der Waals surface area contributed by atoms with Crippen molar-refractivity contribution in [2.75, 3.05) is 11.3 Å². The van der Waals surface area contributed by atoms with Crippen LogP contribution in [0.5, 0.6) is 5.75 Å². The van der Waals surface area contributed by atoms with Crippen LogP contribution in [0, 0.1) is 0 Å². The molecule has 1 N–H and O–H groups in total. The van der Waals surface area contributed by atoms with E-state index in [4.69, 9.17) is 4.74 Å². The maximum Gasteiger partial charge on any atom is 0.262 e. The minimum absolute atomic E-state index is 0.161. The Morgan fingerprint density at radius 2 is 2.04 bits per heavy atom. The highest BCUT2D eigenvalue weighted by Crippen LogP contribution is 2.31. The molecule has 0 aliphatic rings. The van der Waals surface area contributed by atoms with E-state index < -0.39 is 10.0 Å². The van der Waals surface area contributed by atoms with E-state index in [9.17, 15) is 8.42 Å². The Labute approximate surface area is 154 Å². The lowest BCUT2D eigenvalue weighted by molar-refractivity contribution is 0.343. The molecule has 0 unspecified atom stereocenters. The molecular formula is C18H15N3O3S2. The van der Waals surface area contributed by atoms with Gasteiger partial charge in [-0.05, 0) is 49.4 Å². The van der Waals surface area contributed by atoms with Crippen LogP contribution in [-0.4, -0.2) is 25.0 Å². The van der Waals surface area contributed by atoms with E-state index in [2.05, 4.69) is 14.7 Å². The molecule has 0 atom stereocenters. The van der Waals surface area contributed by atoms with Crippen molar-refractivity contribution in [3.05, 3.63) is 54.2 Å². The van der Waals surface area contributed by atoms with Gasteiger partial charge in [0.05, 0.1) is 32.9 Å². The number of anilines is 1. The summed E-state index contributed by atoms with van der Waals surface area (Å²) in [5, 5.41) is 0.518. The van der Waals surface area contributed by atoms with E-state index in [1.54, 1.807) is 54.2 Å². The number of nitrogens with zero attached hydrogens (tertiary/aromatic N) is 2. The number of hydrogen-bond donors (Lipinski definition) is 1. The van der Waals surface area contributed by atoms with Crippen LogP contribution < -0.4 is 9.46 Å². The molecule has 0 spiro atoms. The molecule has 0 aliphatic heterocycles. The average molecular weight is 385 g/mol. The third-order valence-electron chi connectivity index (χ3n) is 3.87. The average Bonchev–Trinajstić information content (AvgIpc) is 3.09. The van der Waals surface area contributed by atoms with Crippen LogP contribution in [0.2, 0.25) is 0 Å². The Balaban J connectivity index is 1.79. The second-order valence-corrected chi connectivity index (χ2v) is 8.07. The van der Waals surface area contributed by atoms with Gasteiger partial charge in [-0.3, -0.25) is 9.71 Å². The van der Waals surface area contributed by atoms with Gasteiger partial charge in [-0.15, -0.1) is 11.3 Å². The number of rotatable bonds is 5. The molecule has 8 heteroatoms. The summed E-state index contributed by atoms with van der Waals surface area (Å²) in [6.07, 6.45) is 1.62. The van der Waals surface area contributed by atoms with Crippen LogP contribution >= 0.6 is 11.3 Å². The first-order chi connectivity index (χ1) is 12.6. The Bertz CT molecular complexity index is 1200. The quantitative estimate of drug-likeness (QED) is 0.561. The van der Waals surface area contributed by atoms with Gasteiger partial charge in [-0.2, -0.15) is 0 Å². The summed E-state index contributed by atoms with van der Waals surface area (Å²) in [6, 6.07) is 11.9. The minimum atomic E-state index is -3.78. The molecular weight excluding hydrogens is 370 g/mol. The van der Waals surface area contributed by atoms with Crippen molar-refractivity contribution < 1.29 is 13.2 Å². The summed E-state index contributed by atoms with van der Waals surface area (Å²) >= 11 is 1.46. The number of hydrogen-bond acceptors (Lipinski definition) is 6. The Morgan fingerprint density at radius 3 is 2.88 bits per heavy atom.